The van der Waals surface area contributed by atoms with Gasteiger partial charge >= 0.3 is 0 Å². The molecule has 0 unspecified atom stereocenters. The highest BCUT2D eigenvalue weighted by molar-refractivity contribution is 7.89. The van der Waals surface area contributed by atoms with Crippen LogP contribution < -0.4 is 15.8 Å². The van der Waals surface area contributed by atoms with Gasteiger partial charge in [0.25, 0.3) is 0 Å². The molecule has 1 saturated carbocycles. The fraction of sp³-hybridized carbons (Fsp3) is 0.462. The number of carbonyl (C=O) groups is 1. The Kier molecular flexibility index (Phi) is 4.79. The largest absolute Gasteiger partial charge is 0.399 e. The molecule has 1 aliphatic rings. The lowest BCUT2D eigenvalue weighted by Gasteiger charge is -2.08. The minimum Gasteiger partial charge on any atom is -0.399 e. The van der Waals surface area contributed by atoms with E-state index in [1.165, 1.54) is 6.07 Å². The van der Waals surface area contributed by atoms with Gasteiger partial charge < -0.3 is 11.1 Å². The molecule has 1 aromatic carbocycles. The molecule has 0 radical (unpaired) electrons. The molecule has 2 rings (SSSR count). The topological polar surface area (TPSA) is 101 Å². The summed E-state index contributed by atoms with van der Waals surface area (Å²) in [5.74, 6) is -0.982. The van der Waals surface area contributed by atoms with Crippen LogP contribution in [-0.4, -0.2) is 26.9 Å². The highest BCUT2D eigenvalue weighted by Crippen LogP contribution is 2.19. The summed E-state index contributed by atoms with van der Waals surface area (Å²) in [6, 6.07) is 3.68. The summed E-state index contributed by atoms with van der Waals surface area (Å²) in [5, 5.41) is 2.81. The smallest absolute Gasteiger partial charge is 0.243 e. The van der Waals surface area contributed by atoms with E-state index in [0.29, 0.717) is 6.42 Å². The van der Waals surface area contributed by atoms with Crippen LogP contribution in [0.1, 0.15) is 25.7 Å². The first-order valence-corrected chi connectivity index (χ1v) is 8.21. The van der Waals surface area contributed by atoms with Crippen molar-refractivity contribution in [2.75, 3.05) is 12.3 Å². The van der Waals surface area contributed by atoms with Crippen molar-refractivity contribution in [1.82, 2.24) is 10.0 Å². The van der Waals surface area contributed by atoms with Gasteiger partial charge in [0.15, 0.2) is 0 Å². The minimum absolute atomic E-state index is 0.0736. The highest BCUT2D eigenvalue weighted by atomic mass is 32.2. The number of nitrogen functional groups attached to an aromatic ring is 1. The number of sulfonamides is 1. The average Bonchev–Trinajstić information content (AvgIpc) is 3.18. The predicted octanol–water partition coefficient (Wildman–Crippen LogP) is 0.745. The number of nitrogens with two attached hydrogens (primary N) is 1. The van der Waals surface area contributed by atoms with Crippen molar-refractivity contribution in [1.29, 1.82) is 0 Å². The standard InChI is InChI=1S/C13H18FN3O3S/c14-11-8-9(15)3-6-12(11)21(19,20)16-7-1-2-13(18)17-10-4-5-10/h3,6,8,10,16H,1-2,4-5,7,15H2,(H,17,18). The Morgan fingerprint density at radius 1 is 1.38 bits per heavy atom. The van der Waals surface area contributed by atoms with Crippen molar-refractivity contribution in [2.45, 2.75) is 36.6 Å². The number of rotatable bonds is 7. The molecule has 0 aliphatic heterocycles. The lowest BCUT2D eigenvalue weighted by molar-refractivity contribution is -0.121. The average molecular weight is 315 g/mol. The fourth-order valence-corrected chi connectivity index (χ4v) is 2.93. The van der Waals surface area contributed by atoms with Crippen molar-refractivity contribution in [3.63, 3.8) is 0 Å². The van der Waals surface area contributed by atoms with Gasteiger partial charge in [0.05, 0.1) is 0 Å². The molecule has 0 bridgehead atoms. The summed E-state index contributed by atoms with van der Waals surface area (Å²) in [6.07, 6.45) is 2.61. The summed E-state index contributed by atoms with van der Waals surface area (Å²) >= 11 is 0. The molecule has 0 saturated heterocycles. The van der Waals surface area contributed by atoms with Gasteiger partial charge in [-0.3, -0.25) is 4.79 Å². The van der Waals surface area contributed by atoms with Crippen LogP contribution in [0, 0.1) is 5.82 Å². The third kappa shape index (κ3) is 4.68. The molecule has 1 aromatic rings. The molecule has 1 amide bonds. The Morgan fingerprint density at radius 2 is 2.10 bits per heavy atom. The van der Waals surface area contributed by atoms with Crippen LogP contribution in [0.2, 0.25) is 0 Å². The first-order chi connectivity index (χ1) is 9.88. The molecule has 1 fully saturated rings. The lowest BCUT2D eigenvalue weighted by Crippen LogP contribution is -2.29. The molecule has 21 heavy (non-hydrogen) atoms. The van der Waals surface area contributed by atoms with Gasteiger partial charge in [0, 0.05) is 24.7 Å². The van der Waals surface area contributed by atoms with Crippen LogP contribution in [0.3, 0.4) is 0 Å². The summed E-state index contributed by atoms with van der Waals surface area (Å²) < 4.78 is 39.7. The highest BCUT2D eigenvalue weighted by Gasteiger charge is 2.23. The Morgan fingerprint density at radius 3 is 2.71 bits per heavy atom. The third-order valence-corrected chi connectivity index (χ3v) is 4.55. The summed E-state index contributed by atoms with van der Waals surface area (Å²) in [5.41, 5.74) is 5.53. The third-order valence-electron chi connectivity index (χ3n) is 3.06. The number of carbonyl (C=O) groups excluding carboxylic acids is 1. The second-order valence-corrected chi connectivity index (χ2v) is 6.77. The normalized spacial score (nSPS) is 14.9. The molecule has 0 heterocycles. The zero-order valence-corrected chi connectivity index (χ0v) is 12.2. The number of nitrogens with one attached hydrogen (secondary N) is 2. The zero-order chi connectivity index (χ0) is 15.5. The van der Waals surface area contributed by atoms with Crippen LogP contribution in [0.15, 0.2) is 23.1 Å². The molecule has 116 valence electrons. The first-order valence-electron chi connectivity index (χ1n) is 6.72. The molecule has 6 nitrogen and oxygen atoms in total. The maximum Gasteiger partial charge on any atom is 0.243 e. The van der Waals surface area contributed by atoms with Crippen LogP contribution >= 0.6 is 0 Å². The van der Waals surface area contributed by atoms with Gasteiger partial charge in [-0.05, 0) is 37.5 Å². The number of halogens is 1. The first kappa shape index (κ1) is 15.7. The van der Waals surface area contributed by atoms with Crippen molar-refractivity contribution in [2.24, 2.45) is 0 Å². The Labute approximate surface area is 123 Å². The van der Waals surface area contributed by atoms with E-state index < -0.39 is 20.7 Å². The SMILES string of the molecule is Nc1ccc(S(=O)(=O)NCCCC(=O)NC2CC2)c(F)c1. The van der Waals surface area contributed by atoms with E-state index in [-0.39, 0.29) is 30.6 Å². The molecule has 0 aromatic heterocycles. The summed E-state index contributed by atoms with van der Waals surface area (Å²) in [6.45, 7) is 0.0736. The number of hydrogen-bond donors (Lipinski definition) is 3. The van der Waals surface area contributed by atoms with Crippen LogP contribution in [0.4, 0.5) is 10.1 Å². The van der Waals surface area contributed by atoms with Gasteiger partial charge in [0.2, 0.25) is 15.9 Å². The van der Waals surface area contributed by atoms with E-state index >= 15 is 0 Å². The number of hydrogen-bond acceptors (Lipinski definition) is 4. The van der Waals surface area contributed by atoms with E-state index in [2.05, 4.69) is 10.0 Å². The molecule has 0 atom stereocenters. The van der Waals surface area contributed by atoms with Gasteiger partial charge in [-0.2, -0.15) is 0 Å². The molecule has 4 N–H and O–H groups in total. The number of amides is 1. The van der Waals surface area contributed by atoms with Gasteiger partial charge in [-0.1, -0.05) is 0 Å². The van der Waals surface area contributed by atoms with Gasteiger partial charge in [-0.15, -0.1) is 0 Å². The fourth-order valence-electron chi connectivity index (χ4n) is 1.80. The Balaban J connectivity index is 1.81. The molecule has 0 spiro atoms. The quantitative estimate of drug-likeness (QED) is 0.510. The summed E-state index contributed by atoms with van der Waals surface area (Å²) in [7, 11) is -3.93. The van der Waals surface area contributed by atoms with Crippen molar-refractivity contribution in [3.05, 3.63) is 24.0 Å². The van der Waals surface area contributed by atoms with Crippen LogP contribution in [-0.2, 0) is 14.8 Å². The minimum atomic E-state index is -3.93. The van der Waals surface area contributed by atoms with E-state index in [1.54, 1.807) is 0 Å². The van der Waals surface area contributed by atoms with E-state index in [9.17, 15) is 17.6 Å². The van der Waals surface area contributed by atoms with Crippen molar-refractivity contribution in [3.8, 4) is 0 Å². The lowest BCUT2D eigenvalue weighted by atomic mass is 10.3. The van der Waals surface area contributed by atoms with E-state index in [4.69, 9.17) is 5.73 Å². The van der Waals surface area contributed by atoms with Crippen molar-refractivity contribution >= 4 is 21.6 Å². The maximum atomic E-state index is 13.6. The second-order valence-electron chi connectivity index (χ2n) is 5.03. The maximum absolute atomic E-state index is 13.6. The van der Waals surface area contributed by atoms with Crippen LogP contribution in [0.5, 0.6) is 0 Å². The monoisotopic (exact) mass is 315 g/mol. The number of anilines is 1. The van der Waals surface area contributed by atoms with Gasteiger partial charge in [-0.25, -0.2) is 17.5 Å². The zero-order valence-electron chi connectivity index (χ0n) is 11.4. The van der Waals surface area contributed by atoms with E-state index in [1.807, 2.05) is 0 Å². The predicted molar refractivity (Wildman–Crippen MR) is 76.4 cm³/mol. The molecule has 1 aliphatic carbocycles. The summed E-state index contributed by atoms with van der Waals surface area (Å²) in [4.78, 5) is 11.0. The Bertz CT molecular complexity index is 630. The van der Waals surface area contributed by atoms with Crippen molar-refractivity contribution < 1.29 is 17.6 Å². The molecular formula is C13H18FN3O3S. The molecular weight excluding hydrogens is 297 g/mol. The van der Waals surface area contributed by atoms with E-state index in [0.717, 1.165) is 25.0 Å². The van der Waals surface area contributed by atoms with Crippen LogP contribution in [0.25, 0.3) is 0 Å². The Hall–Kier alpha value is -1.67. The number of benzene rings is 1. The van der Waals surface area contributed by atoms with Gasteiger partial charge in [0.1, 0.15) is 10.7 Å². The second kappa shape index (κ2) is 6.40. The molecule has 8 heteroatoms.